The lowest BCUT2D eigenvalue weighted by Gasteiger charge is -2.04. The van der Waals surface area contributed by atoms with E-state index >= 15 is 0 Å². The molecule has 1 aliphatic carbocycles. The largest absolute Gasteiger partial charge is 0.329 e. The smallest absolute Gasteiger partial charge is 0.0280 e. The molecule has 1 saturated carbocycles. The number of nitrogens with two attached hydrogens (primary N) is 1. The third kappa shape index (κ3) is 0.916. The van der Waals surface area contributed by atoms with Gasteiger partial charge < -0.3 is 5.73 Å². The minimum atomic E-state index is 0.528. The van der Waals surface area contributed by atoms with Crippen LogP contribution in [-0.2, 0) is 0 Å². The Hall–Kier alpha value is 0.310. The predicted octanol–water partition coefficient (Wildman–Crippen LogP) is 0.841. The van der Waals surface area contributed by atoms with Crippen LogP contribution in [0, 0.1) is 0 Å². The monoisotopic (exact) mass is 117 g/mol. The molecule has 0 heterocycles. The van der Waals surface area contributed by atoms with Crippen molar-refractivity contribution in [1.29, 1.82) is 0 Å². The highest BCUT2D eigenvalue weighted by atomic mass is 32.2. The molecule has 0 aliphatic heterocycles. The second-order valence-electron chi connectivity index (χ2n) is 2.09. The summed E-state index contributed by atoms with van der Waals surface area (Å²) in [6.07, 6.45) is 4.81. The average Bonchev–Trinajstić information content (AvgIpc) is 2.46. The van der Waals surface area contributed by atoms with E-state index in [9.17, 15) is 0 Å². The van der Waals surface area contributed by atoms with Gasteiger partial charge in [0.1, 0.15) is 0 Å². The first-order chi connectivity index (χ1) is 3.33. The van der Waals surface area contributed by atoms with E-state index < -0.39 is 0 Å². The van der Waals surface area contributed by atoms with Gasteiger partial charge in [-0.15, -0.1) is 0 Å². The topological polar surface area (TPSA) is 26.0 Å². The molecular weight excluding hydrogens is 106 g/mol. The molecule has 1 rings (SSSR count). The van der Waals surface area contributed by atoms with Crippen LogP contribution in [0.1, 0.15) is 12.8 Å². The second-order valence-corrected chi connectivity index (χ2v) is 3.37. The highest BCUT2D eigenvalue weighted by Crippen LogP contribution is 2.45. The van der Waals surface area contributed by atoms with Crippen molar-refractivity contribution in [3.8, 4) is 0 Å². The van der Waals surface area contributed by atoms with Gasteiger partial charge in [0.25, 0.3) is 0 Å². The Morgan fingerprint density at radius 1 is 1.71 bits per heavy atom. The molecule has 0 atom stereocenters. The molecule has 0 saturated heterocycles. The standard InChI is InChI=1S/C5H11NS/c1-7-5(4-6)2-3-5/h2-4,6H2,1H3. The lowest BCUT2D eigenvalue weighted by atomic mass is 10.4. The molecule has 0 amide bonds. The third-order valence-corrected chi connectivity index (χ3v) is 3.05. The second kappa shape index (κ2) is 1.67. The van der Waals surface area contributed by atoms with Crippen LogP contribution >= 0.6 is 11.8 Å². The van der Waals surface area contributed by atoms with Crippen LogP contribution in [0.4, 0.5) is 0 Å². The van der Waals surface area contributed by atoms with Crippen LogP contribution in [0.5, 0.6) is 0 Å². The molecule has 0 spiro atoms. The molecule has 2 N–H and O–H groups in total. The fourth-order valence-corrected chi connectivity index (χ4v) is 1.31. The first-order valence-corrected chi connectivity index (χ1v) is 3.81. The van der Waals surface area contributed by atoms with Crippen molar-refractivity contribution in [3.63, 3.8) is 0 Å². The number of hydrogen-bond donors (Lipinski definition) is 1. The van der Waals surface area contributed by atoms with Gasteiger partial charge in [-0.25, -0.2) is 0 Å². The van der Waals surface area contributed by atoms with Crippen LogP contribution in [0.3, 0.4) is 0 Å². The molecule has 0 aromatic rings. The van der Waals surface area contributed by atoms with Crippen molar-refractivity contribution in [1.82, 2.24) is 0 Å². The molecule has 7 heavy (non-hydrogen) atoms. The van der Waals surface area contributed by atoms with Crippen LogP contribution in [0.25, 0.3) is 0 Å². The molecule has 0 aromatic heterocycles. The van der Waals surface area contributed by atoms with E-state index in [-0.39, 0.29) is 0 Å². The Morgan fingerprint density at radius 2 is 2.29 bits per heavy atom. The molecule has 0 radical (unpaired) electrons. The van der Waals surface area contributed by atoms with Gasteiger partial charge in [-0.05, 0) is 19.1 Å². The minimum absolute atomic E-state index is 0.528. The summed E-state index contributed by atoms with van der Waals surface area (Å²) in [4.78, 5) is 0. The van der Waals surface area contributed by atoms with Gasteiger partial charge in [0.05, 0.1) is 0 Å². The Kier molecular flexibility index (Phi) is 1.30. The Labute approximate surface area is 48.7 Å². The fraction of sp³-hybridized carbons (Fsp3) is 1.00. The van der Waals surface area contributed by atoms with Crippen molar-refractivity contribution in [2.45, 2.75) is 17.6 Å². The highest BCUT2D eigenvalue weighted by molar-refractivity contribution is 8.00. The molecular formula is C5H11NS. The predicted molar refractivity (Wildman–Crippen MR) is 34.5 cm³/mol. The van der Waals surface area contributed by atoms with E-state index in [2.05, 4.69) is 6.26 Å². The Morgan fingerprint density at radius 3 is 2.29 bits per heavy atom. The maximum absolute atomic E-state index is 5.46. The van der Waals surface area contributed by atoms with Crippen molar-refractivity contribution in [2.24, 2.45) is 5.73 Å². The maximum Gasteiger partial charge on any atom is 0.0280 e. The maximum atomic E-state index is 5.46. The van der Waals surface area contributed by atoms with Crippen molar-refractivity contribution in [3.05, 3.63) is 0 Å². The third-order valence-electron chi connectivity index (χ3n) is 1.61. The minimum Gasteiger partial charge on any atom is -0.329 e. The number of thioether (sulfide) groups is 1. The zero-order valence-corrected chi connectivity index (χ0v) is 5.42. The molecule has 42 valence electrons. The van der Waals surface area contributed by atoms with Gasteiger partial charge in [0.15, 0.2) is 0 Å². The van der Waals surface area contributed by atoms with Gasteiger partial charge in [-0.2, -0.15) is 11.8 Å². The van der Waals surface area contributed by atoms with Crippen LogP contribution in [0.15, 0.2) is 0 Å². The molecule has 0 unspecified atom stereocenters. The van der Waals surface area contributed by atoms with E-state index in [1.165, 1.54) is 12.8 Å². The van der Waals surface area contributed by atoms with E-state index in [4.69, 9.17) is 5.73 Å². The van der Waals surface area contributed by atoms with Gasteiger partial charge >= 0.3 is 0 Å². The zero-order valence-electron chi connectivity index (χ0n) is 4.61. The fourth-order valence-electron chi connectivity index (χ4n) is 0.631. The summed E-state index contributed by atoms with van der Waals surface area (Å²) in [5.74, 6) is 0. The Balaban J connectivity index is 2.28. The summed E-state index contributed by atoms with van der Waals surface area (Å²) >= 11 is 1.91. The molecule has 2 heteroatoms. The summed E-state index contributed by atoms with van der Waals surface area (Å²) in [7, 11) is 0. The van der Waals surface area contributed by atoms with E-state index in [0.29, 0.717) is 4.75 Å². The normalized spacial score (nSPS) is 24.9. The zero-order chi connectivity index (χ0) is 5.33. The summed E-state index contributed by atoms with van der Waals surface area (Å²) in [5.41, 5.74) is 5.46. The number of rotatable bonds is 2. The van der Waals surface area contributed by atoms with Crippen molar-refractivity contribution in [2.75, 3.05) is 12.8 Å². The van der Waals surface area contributed by atoms with Gasteiger partial charge in [-0.1, -0.05) is 0 Å². The first kappa shape index (κ1) is 5.45. The van der Waals surface area contributed by atoms with Crippen LogP contribution in [-0.4, -0.2) is 17.5 Å². The van der Waals surface area contributed by atoms with Gasteiger partial charge in [-0.3, -0.25) is 0 Å². The van der Waals surface area contributed by atoms with Crippen LogP contribution in [0.2, 0.25) is 0 Å². The SMILES string of the molecule is CSC1(CN)CC1. The molecule has 0 aromatic carbocycles. The van der Waals surface area contributed by atoms with Gasteiger partial charge in [0.2, 0.25) is 0 Å². The molecule has 1 fully saturated rings. The van der Waals surface area contributed by atoms with Crippen molar-refractivity contribution < 1.29 is 0 Å². The molecule has 1 nitrogen and oxygen atoms in total. The molecule has 0 bridgehead atoms. The lowest BCUT2D eigenvalue weighted by Crippen LogP contribution is -2.16. The summed E-state index contributed by atoms with van der Waals surface area (Å²) < 4.78 is 0.528. The van der Waals surface area contributed by atoms with Gasteiger partial charge in [0, 0.05) is 11.3 Å². The first-order valence-electron chi connectivity index (χ1n) is 2.58. The lowest BCUT2D eigenvalue weighted by molar-refractivity contribution is 0.903. The summed E-state index contributed by atoms with van der Waals surface area (Å²) in [6, 6.07) is 0. The van der Waals surface area contributed by atoms with Crippen molar-refractivity contribution >= 4 is 11.8 Å². The molecule has 1 aliphatic rings. The summed E-state index contributed by atoms with van der Waals surface area (Å²) in [6.45, 7) is 0.869. The summed E-state index contributed by atoms with van der Waals surface area (Å²) in [5, 5.41) is 0. The van der Waals surface area contributed by atoms with E-state index in [1.54, 1.807) is 0 Å². The number of hydrogen-bond acceptors (Lipinski definition) is 2. The van der Waals surface area contributed by atoms with Crippen LogP contribution < -0.4 is 5.73 Å². The quantitative estimate of drug-likeness (QED) is 0.580. The average molecular weight is 117 g/mol. The highest BCUT2D eigenvalue weighted by Gasteiger charge is 2.39. The van der Waals surface area contributed by atoms with E-state index in [1.807, 2.05) is 11.8 Å². The van der Waals surface area contributed by atoms with E-state index in [0.717, 1.165) is 6.54 Å². The Bertz CT molecular complexity index is 62.5.